The number of fused-ring (bicyclic) bond motifs is 5. The standard InChI is InChI=1S/C18H16N4OS/c1-2-19-16(23)11-24-18-21-13-8-4-3-7-12(13)17-20-14-9-5-6-10-15(14)22(17)18/h3-10H,2,11H2,1H3,(H,19,23). The van der Waals surface area contributed by atoms with Crippen LogP contribution in [0.5, 0.6) is 0 Å². The van der Waals surface area contributed by atoms with Crippen molar-refractivity contribution in [3.63, 3.8) is 0 Å². The third-order valence-electron chi connectivity index (χ3n) is 3.82. The van der Waals surface area contributed by atoms with Gasteiger partial charge in [-0.1, -0.05) is 36.0 Å². The predicted octanol–water partition coefficient (Wildman–Crippen LogP) is 3.26. The molecule has 5 nitrogen and oxygen atoms in total. The molecule has 4 aromatic rings. The number of para-hydroxylation sites is 3. The number of carbonyl (C=O) groups is 1. The van der Waals surface area contributed by atoms with Crippen molar-refractivity contribution in [3.05, 3.63) is 48.5 Å². The first-order chi connectivity index (χ1) is 11.8. The van der Waals surface area contributed by atoms with Crippen LogP contribution in [-0.2, 0) is 4.79 Å². The second-order valence-corrected chi connectivity index (χ2v) is 6.36. The molecule has 0 spiro atoms. The summed E-state index contributed by atoms with van der Waals surface area (Å²) in [5.74, 6) is 0.343. The van der Waals surface area contributed by atoms with E-state index in [9.17, 15) is 4.79 Å². The normalized spacial score (nSPS) is 11.4. The number of nitrogens with zero attached hydrogens (tertiary/aromatic N) is 3. The fourth-order valence-electron chi connectivity index (χ4n) is 2.79. The van der Waals surface area contributed by atoms with Crippen LogP contribution in [0.4, 0.5) is 0 Å². The molecule has 0 radical (unpaired) electrons. The highest BCUT2D eigenvalue weighted by Crippen LogP contribution is 2.28. The van der Waals surface area contributed by atoms with Gasteiger partial charge in [0.15, 0.2) is 5.16 Å². The lowest BCUT2D eigenvalue weighted by molar-refractivity contribution is -0.118. The van der Waals surface area contributed by atoms with Crippen molar-refractivity contribution in [2.75, 3.05) is 12.3 Å². The predicted molar refractivity (Wildman–Crippen MR) is 97.4 cm³/mol. The van der Waals surface area contributed by atoms with Crippen LogP contribution in [0.25, 0.3) is 27.6 Å². The van der Waals surface area contributed by atoms with Gasteiger partial charge in [-0.15, -0.1) is 0 Å². The van der Waals surface area contributed by atoms with Crippen LogP contribution in [-0.4, -0.2) is 32.6 Å². The molecule has 120 valence electrons. The summed E-state index contributed by atoms with van der Waals surface area (Å²) in [5.41, 5.74) is 3.69. The molecule has 0 aliphatic rings. The van der Waals surface area contributed by atoms with Crippen molar-refractivity contribution >= 4 is 45.3 Å². The first kappa shape index (κ1) is 15.0. The molecule has 2 heterocycles. The minimum atomic E-state index is 0.00929. The van der Waals surface area contributed by atoms with Gasteiger partial charge in [-0.3, -0.25) is 9.20 Å². The number of hydrogen-bond acceptors (Lipinski definition) is 4. The number of hydrogen-bond donors (Lipinski definition) is 1. The summed E-state index contributed by atoms with van der Waals surface area (Å²) in [6, 6.07) is 16.0. The van der Waals surface area contributed by atoms with E-state index in [4.69, 9.17) is 9.97 Å². The van der Waals surface area contributed by atoms with E-state index in [-0.39, 0.29) is 5.91 Å². The largest absolute Gasteiger partial charge is 0.356 e. The third kappa shape index (κ3) is 2.49. The zero-order valence-electron chi connectivity index (χ0n) is 13.2. The summed E-state index contributed by atoms with van der Waals surface area (Å²) in [6.07, 6.45) is 0. The maximum absolute atomic E-state index is 11.8. The Balaban J connectivity index is 1.94. The Labute approximate surface area is 143 Å². The van der Waals surface area contributed by atoms with Gasteiger partial charge in [0.2, 0.25) is 5.91 Å². The SMILES string of the molecule is CCNC(=O)CSc1nc2ccccc2c2nc3ccccc3n12. The minimum absolute atomic E-state index is 0.00929. The van der Waals surface area contributed by atoms with E-state index >= 15 is 0 Å². The smallest absolute Gasteiger partial charge is 0.230 e. The van der Waals surface area contributed by atoms with E-state index in [1.54, 1.807) is 0 Å². The second-order valence-electron chi connectivity index (χ2n) is 5.41. The Bertz CT molecular complexity index is 1060. The summed E-state index contributed by atoms with van der Waals surface area (Å²) in [7, 11) is 0. The van der Waals surface area contributed by atoms with Crippen LogP contribution >= 0.6 is 11.8 Å². The Morgan fingerprint density at radius 1 is 1.08 bits per heavy atom. The molecular formula is C18H16N4OS. The number of rotatable bonds is 4. The molecule has 2 aromatic carbocycles. The van der Waals surface area contributed by atoms with E-state index in [0.29, 0.717) is 12.3 Å². The number of aromatic nitrogens is 3. The number of benzene rings is 2. The molecule has 0 unspecified atom stereocenters. The van der Waals surface area contributed by atoms with Crippen LogP contribution < -0.4 is 5.32 Å². The van der Waals surface area contributed by atoms with E-state index in [0.717, 1.165) is 32.7 Å². The summed E-state index contributed by atoms with van der Waals surface area (Å²) in [5, 5.41) is 4.61. The molecule has 6 heteroatoms. The minimum Gasteiger partial charge on any atom is -0.356 e. The van der Waals surface area contributed by atoms with Gasteiger partial charge in [-0.05, 0) is 31.2 Å². The molecule has 0 bridgehead atoms. The van der Waals surface area contributed by atoms with Crippen molar-refractivity contribution in [2.45, 2.75) is 12.1 Å². The van der Waals surface area contributed by atoms with E-state index in [2.05, 4.69) is 5.32 Å². The summed E-state index contributed by atoms with van der Waals surface area (Å²) in [4.78, 5) is 21.4. The van der Waals surface area contributed by atoms with Gasteiger partial charge in [0.25, 0.3) is 0 Å². The zero-order chi connectivity index (χ0) is 16.5. The molecule has 0 fully saturated rings. The number of imidazole rings is 1. The van der Waals surface area contributed by atoms with Gasteiger partial charge in [-0.2, -0.15) is 0 Å². The third-order valence-corrected chi connectivity index (χ3v) is 4.76. The lowest BCUT2D eigenvalue weighted by atomic mass is 10.2. The maximum atomic E-state index is 11.8. The molecule has 0 aliphatic heterocycles. The Hall–Kier alpha value is -2.60. The highest BCUT2D eigenvalue weighted by Gasteiger charge is 2.14. The molecule has 0 saturated heterocycles. The Morgan fingerprint density at radius 2 is 1.83 bits per heavy atom. The highest BCUT2D eigenvalue weighted by atomic mass is 32.2. The molecule has 2 aromatic heterocycles. The average molecular weight is 336 g/mol. The fraction of sp³-hybridized carbons (Fsp3) is 0.167. The van der Waals surface area contributed by atoms with Crippen molar-refractivity contribution in [1.29, 1.82) is 0 Å². The highest BCUT2D eigenvalue weighted by molar-refractivity contribution is 7.99. The molecule has 24 heavy (non-hydrogen) atoms. The lowest BCUT2D eigenvalue weighted by Crippen LogP contribution is -2.24. The molecule has 1 amide bonds. The molecule has 0 aliphatic carbocycles. The molecule has 1 N–H and O–H groups in total. The van der Waals surface area contributed by atoms with Gasteiger partial charge in [0, 0.05) is 11.9 Å². The Kier molecular flexibility index (Phi) is 3.82. The van der Waals surface area contributed by atoms with E-state index in [1.165, 1.54) is 11.8 Å². The van der Waals surface area contributed by atoms with Gasteiger partial charge >= 0.3 is 0 Å². The summed E-state index contributed by atoms with van der Waals surface area (Å²) in [6.45, 7) is 2.55. The monoisotopic (exact) mass is 336 g/mol. The van der Waals surface area contributed by atoms with Crippen LogP contribution in [0, 0.1) is 0 Å². The van der Waals surface area contributed by atoms with Gasteiger partial charge < -0.3 is 5.32 Å². The molecular weight excluding hydrogens is 320 g/mol. The van der Waals surface area contributed by atoms with E-state index in [1.807, 2.05) is 59.9 Å². The molecule has 0 atom stereocenters. The van der Waals surface area contributed by atoms with Crippen LogP contribution in [0.2, 0.25) is 0 Å². The number of nitrogens with one attached hydrogen (secondary N) is 1. The Morgan fingerprint density at radius 3 is 2.67 bits per heavy atom. The number of thioether (sulfide) groups is 1. The molecule has 4 rings (SSSR count). The van der Waals surface area contributed by atoms with Crippen LogP contribution in [0.1, 0.15) is 6.92 Å². The van der Waals surface area contributed by atoms with Crippen molar-refractivity contribution in [1.82, 2.24) is 19.7 Å². The summed E-state index contributed by atoms with van der Waals surface area (Å²) >= 11 is 1.43. The van der Waals surface area contributed by atoms with E-state index < -0.39 is 0 Å². The van der Waals surface area contributed by atoms with Gasteiger partial charge in [0.1, 0.15) is 5.65 Å². The summed E-state index contributed by atoms with van der Waals surface area (Å²) < 4.78 is 2.04. The van der Waals surface area contributed by atoms with Gasteiger partial charge in [-0.25, -0.2) is 9.97 Å². The second kappa shape index (κ2) is 6.13. The van der Waals surface area contributed by atoms with Crippen molar-refractivity contribution in [2.24, 2.45) is 0 Å². The van der Waals surface area contributed by atoms with Crippen molar-refractivity contribution in [3.8, 4) is 0 Å². The zero-order valence-corrected chi connectivity index (χ0v) is 14.0. The number of amides is 1. The van der Waals surface area contributed by atoms with Crippen LogP contribution in [0.15, 0.2) is 53.7 Å². The topological polar surface area (TPSA) is 59.3 Å². The van der Waals surface area contributed by atoms with Crippen molar-refractivity contribution < 1.29 is 4.79 Å². The quantitative estimate of drug-likeness (QED) is 0.459. The molecule has 0 saturated carbocycles. The maximum Gasteiger partial charge on any atom is 0.230 e. The van der Waals surface area contributed by atoms with Crippen LogP contribution in [0.3, 0.4) is 0 Å². The fourth-order valence-corrected chi connectivity index (χ4v) is 3.63. The first-order valence-corrected chi connectivity index (χ1v) is 8.82. The first-order valence-electron chi connectivity index (χ1n) is 7.83. The van der Waals surface area contributed by atoms with Gasteiger partial charge in [0.05, 0.1) is 22.3 Å². The lowest BCUT2D eigenvalue weighted by Gasteiger charge is -2.08. The number of carbonyl (C=O) groups excluding carboxylic acids is 1. The average Bonchev–Trinajstić information content (AvgIpc) is 3.00.